The summed E-state index contributed by atoms with van der Waals surface area (Å²) in [7, 11) is -3.66. The molecule has 0 bridgehead atoms. The number of sulfonamides is 1. The maximum absolute atomic E-state index is 12.1. The van der Waals surface area contributed by atoms with E-state index in [0.29, 0.717) is 6.54 Å². The van der Waals surface area contributed by atoms with Gasteiger partial charge in [0.1, 0.15) is 0 Å². The van der Waals surface area contributed by atoms with Crippen LogP contribution >= 0.6 is 11.8 Å². The highest BCUT2D eigenvalue weighted by atomic mass is 32.2. The van der Waals surface area contributed by atoms with Gasteiger partial charge in [0.05, 0.1) is 9.64 Å². The van der Waals surface area contributed by atoms with Gasteiger partial charge in [0.25, 0.3) is 0 Å². The van der Waals surface area contributed by atoms with Crippen LogP contribution in [0.25, 0.3) is 0 Å². The average Bonchev–Trinajstić information content (AvgIpc) is 2.84. The molecule has 0 saturated carbocycles. The first-order valence-electron chi connectivity index (χ1n) is 6.35. The van der Waals surface area contributed by atoms with Crippen LogP contribution in [0.3, 0.4) is 0 Å². The molecule has 0 radical (unpaired) electrons. The summed E-state index contributed by atoms with van der Waals surface area (Å²) < 4.78 is 21.9. The molecule has 1 aliphatic rings. The number of nitrogens with one attached hydrogen (secondary N) is 1. The molecular weight excluding hydrogens is 296 g/mol. The number of amides is 1. The van der Waals surface area contributed by atoms with Crippen LogP contribution in [0.2, 0.25) is 0 Å². The molecule has 1 atom stereocenters. The fourth-order valence-corrected chi connectivity index (χ4v) is 3.87. The van der Waals surface area contributed by atoms with E-state index in [2.05, 4.69) is 5.32 Å². The Morgan fingerprint density at radius 3 is 2.55 bits per heavy atom. The number of primary sulfonamides is 1. The normalized spacial score (nSPS) is 22.7. The molecule has 1 unspecified atom stereocenters. The Balaban J connectivity index is 1.96. The minimum atomic E-state index is -3.66. The van der Waals surface area contributed by atoms with Crippen LogP contribution in [-0.4, -0.2) is 24.8 Å². The van der Waals surface area contributed by atoms with Crippen LogP contribution in [0.1, 0.15) is 25.3 Å². The zero-order valence-electron chi connectivity index (χ0n) is 11.3. The molecule has 1 aliphatic heterocycles. The molecule has 110 valence electrons. The number of hydrogen-bond donors (Lipinski definition) is 2. The van der Waals surface area contributed by atoms with Crippen LogP contribution in [0.15, 0.2) is 29.2 Å². The van der Waals surface area contributed by atoms with Gasteiger partial charge in [-0.2, -0.15) is 0 Å². The molecule has 0 aromatic heterocycles. The molecule has 1 aromatic rings. The van der Waals surface area contributed by atoms with Crippen LogP contribution < -0.4 is 10.5 Å². The third-order valence-corrected chi connectivity index (χ3v) is 5.85. The first kappa shape index (κ1) is 15.3. The van der Waals surface area contributed by atoms with Crippen molar-refractivity contribution < 1.29 is 13.2 Å². The molecule has 5 nitrogen and oxygen atoms in total. The average molecular weight is 314 g/mol. The van der Waals surface area contributed by atoms with Crippen molar-refractivity contribution in [2.24, 2.45) is 5.14 Å². The van der Waals surface area contributed by atoms with Gasteiger partial charge in [0, 0.05) is 6.54 Å². The smallest absolute Gasteiger partial charge is 0.238 e. The second kappa shape index (κ2) is 5.75. The number of carbonyl (C=O) groups excluding carboxylic acids is 1. The molecule has 0 spiro atoms. The maximum Gasteiger partial charge on any atom is 0.238 e. The predicted octanol–water partition coefficient (Wildman–Crippen LogP) is 1.24. The Bertz CT molecular complexity index is 591. The molecule has 1 amide bonds. The molecule has 1 aromatic carbocycles. The first-order valence-corrected chi connectivity index (χ1v) is 8.88. The summed E-state index contributed by atoms with van der Waals surface area (Å²) in [5, 5.41) is 7.93. The summed E-state index contributed by atoms with van der Waals surface area (Å²) in [5.41, 5.74) is 0.845. The van der Waals surface area contributed by atoms with E-state index in [0.717, 1.165) is 24.2 Å². The topological polar surface area (TPSA) is 89.3 Å². The zero-order chi connectivity index (χ0) is 14.8. The summed E-state index contributed by atoms with van der Waals surface area (Å²) in [5.74, 6) is 1.06. The van der Waals surface area contributed by atoms with E-state index >= 15 is 0 Å². The summed E-state index contributed by atoms with van der Waals surface area (Å²) >= 11 is 1.69. The molecule has 1 heterocycles. The van der Waals surface area contributed by atoms with Gasteiger partial charge in [0.15, 0.2) is 0 Å². The van der Waals surface area contributed by atoms with Gasteiger partial charge < -0.3 is 5.32 Å². The van der Waals surface area contributed by atoms with Gasteiger partial charge in [-0.25, -0.2) is 13.6 Å². The summed E-state index contributed by atoms with van der Waals surface area (Å²) in [6, 6.07) is 6.21. The number of carbonyl (C=O) groups is 1. The predicted molar refractivity (Wildman–Crippen MR) is 79.8 cm³/mol. The SMILES string of the molecule is CC1(C(=O)NCc2ccc(S(N)(=O)=O)cc2)CCCS1. The minimum absolute atomic E-state index is 0.0375. The van der Waals surface area contributed by atoms with Gasteiger partial charge >= 0.3 is 0 Å². The molecule has 20 heavy (non-hydrogen) atoms. The van der Waals surface area contributed by atoms with Crippen molar-refractivity contribution in [1.82, 2.24) is 5.32 Å². The van der Waals surface area contributed by atoms with Gasteiger partial charge in [-0.3, -0.25) is 4.79 Å². The van der Waals surface area contributed by atoms with Crippen molar-refractivity contribution in [1.29, 1.82) is 0 Å². The van der Waals surface area contributed by atoms with E-state index in [1.807, 2.05) is 6.92 Å². The summed E-state index contributed by atoms with van der Waals surface area (Å²) in [6.45, 7) is 2.35. The summed E-state index contributed by atoms with van der Waals surface area (Å²) in [6.07, 6.45) is 1.96. The molecular formula is C13H18N2O3S2. The Hall–Kier alpha value is -1.05. The van der Waals surface area contributed by atoms with Gasteiger partial charge in [-0.1, -0.05) is 12.1 Å². The van der Waals surface area contributed by atoms with Crippen molar-refractivity contribution in [3.63, 3.8) is 0 Å². The lowest BCUT2D eigenvalue weighted by Gasteiger charge is -2.21. The van der Waals surface area contributed by atoms with E-state index < -0.39 is 10.0 Å². The Morgan fingerprint density at radius 2 is 2.05 bits per heavy atom. The van der Waals surface area contributed by atoms with Gasteiger partial charge in [-0.05, 0) is 43.2 Å². The van der Waals surface area contributed by atoms with Crippen molar-refractivity contribution >= 4 is 27.7 Å². The van der Waals surface area contributed by atoms with Crippen molar-refractivity contribution in [3.8, 4) is 0 Å². The quantitative estimate of drug-likeness (QED) is 0.875. The molecule has 7 heteroatoms. The van der Waals surface area contributed by atoms with E-state index in [1.165, 1.54) is 12.1 Å². The monoisotopic (exact) mass is 314 g/mol. The molecule has 3 N–H and O–H groups in total. The number of thioether (sulfide) groups is 1. The van der Waals surface area contributed by atoms with Crippen molar-refractivity contribution in [3.05, 3.63) is 29.8 Å². The lowest BCUT2D eigenvalue weighted by Crippen LogP contribution is -2.39. The fraction of sp³-hybridized carbons (Fsp3) is 0.462. The Kier molecular flexibility index (Phi) is 4.41. The highest BCUT2D eigenvalue weighted by Gasteiger charge is 2.36. The molecule has 1 saturated heterocycles. The lowest BCUT2D eigenvalue weighted by molar-refractivity contribution is -0.123. The highest BCUT2D eigenvalue weighted by Crippen LogP contribution is 2.37. The van der Waals surface area contributed by atoms with Gasteiger partial charge in [0.2, 0.25) is 15.9 Å². The second-order valence-corrected chi connectivity index (χ2v) is 8.21. The Labute approximate surface area is 123 Å². The maximum atomic E-state index is 12.1. The third kappa shape index (κ3) is 3.53. The largest absolute Gasteiger partial charge is 0.351 e. The summed E-state index contributed by atoms with van der Waals surface area (Å²) in [4.78, 5) is 12.2. The zero-order valence-corrected chi connectivity index (χ0v) is 12.9. The highest BCUT2D eigenvalue weighted by molar-refractivity contribution is 8.01. The Morgan fingerprint density at radius 1 is 1.40 bits per heavy atom. The molecule has 0 aliphatic carbocycles. The third-order valence-electron chi connectivity index (χ3n) is 3.40. The van der Waals surface area contributed by atoms with Gasteiger partial charge in [-0.15, -0.1) is 11.8 Å². The van der Waals surface area contributed by atoms with Crippen LogP contribution in [0, 0.1) is 0 Å². The minimum Gasteiger partial charge on any atom is -0.351 e. The molecule has 2 rings (SSSR count). The first-order chi connectivity index (χ1) is 9.31. The van der Waals surface area contributed by atoms with E-state index in [-0.39, 0.29) is 15.5 Å². The number of nitrogens with two attached hydrogens (primary N) is 1. The van der Waals surface area contributed by atoms with E-state index in [9.17, 15) is 13.2 Å². The fourth-order valence-electron chi connectivity index (χ4n) is 2.12. The number of rotatable bonds is 4. The van der Waals surface area contributed by atoms with E-state index in [4.69, 9.17) is 5.14 Å². The van der Waals surface area contributed by atoms with Crippen LogP contribution in [-0.2, 0) is 21.4 Å². The van der Waals surface area contributed by atoms with E-state index in [1.54, 1.807) is 23.9 Å². The molecule has 1 fully saturated rings. The lowest BCUT2D eigenvalue weighted by atomic mass is 10.0. The van der Waals surface area contributed by atoms with Crippen molar-refractivity contribution in [2.45, 2.75) is 36.0 Å². The van der Waals surface area contributed by atoms with Crippen molar-refractivity contribution in [2.75, 3.05) is 5.75 Å². The number of benzene rings is 1. The van der Waals surface area contributed by atoms with Crippen LogP contribution in [0.4, 0.5) is 0 Å². The standard InChI is InChI=1S/C13H18N2O3S2/c1-13(7-2-8-19-13)12(16)15-9-10-3-5-11(6-4-10)20(14,17)18/h3-6H,2,7-9H2,1H3,(H,15,16)(H2,14,17,18). The second-order valence-electron chi connectivity index (χ2n) is 5.05. The number of hydrogen-bond acceptors (Lipinski definition) is 4. The van der Waals surface area contributed by atoms with Crippen LogP contribution in [0.5, 0.6) is 0 Å².